The summed E-state index contributed by atoms with van der Waals surface area (Å²) < 4.78 is 0. The summed E-state index contributed by atoms with van der Waals surface area (Å²) >= 11 is 0. The van der Waals surface area contributed by atoms with Crippen molar-refractivity contribution in [1.82, 2.24) is 0 Å². The summed E-state index contributed by atoms with van der Waals surface area (Å²) in [5.74, 6) is -1.06. The lowest BCUT2D eigenvalue weighted by molar-refractivity contribution is -0.138. The van der Waals surface area contributed by atoms with Gasteiger partial charge >= 0.3 is 11.9 Å². The van der Waals surface area contributed by atoms with E-state index in [2.05, 4.69) is 41.5 Å². The third kappa shape index (κ3) is 14.9. The van der Waals surface area contributed by atoms with Crippen molar-refractivity contribution >= 4 is 11.9 Å². The van der Waals surface area contributed by atoms with Crippen LogP contribution in [0.25, 0.3) is 0 Å². The summed E-state index contributed by atoms with van der Waals surface area (Å²) in [6.45, 7) is 23.4. The quantitative estimate of drug-likeness (QED) is 0.0958. The minimum atomic E-state index is -1.35. The van der Waals surface area contributed by atoms with Crippen LogP contribution in [0.4, 0.5) is 0 Å². The molecule has 10 nitrogen and oxygen atoms in total. The average Bonchev–Trinajstić information content (AvgIpc) is 3.07. The van der Waals surface area contributed by atoms with E-state index in [0.717, 1.165) is 27.8 Å². The number of hydrogen-bond acceptors (Lipinski definition) is 8. The maximum Gasteiger partial charge on any atom is 0.303 e. The van der Waals surface area contributed by atoms with Crippen LogP contribution in [0.2, 0.25) is 0 Å². The maximum atomic E-state index is 10.6. The van der Waals surface area contributed by atoms with E-state index >= 15 is 0 Å². The van der Waals surface area contributed by atoms with E-state index in [9.17, 15) is 40.2 Å². The van der Waals surface area contributed by atoms with Gasteiger partial charge in [0.25, 0.3) is 0 Å². The van der Waals surface area contributed by atoms with Crippen LogP contribution in [0.5, 0.6) is 11.5 Å². The Balaban J connectivity index is 0.000000423. The fraction of sp³-hybridized carbons (Fsp3) is 0.556. The second-order valence-electron chi connectivity index (χ2n) is 18.5. The maximum absolute atomic E-state index is 10.6. The zero-order valence-electron chi connectivity index (χ0n) is 35.1. The van der Waals surface area contributed by atoms with Gasteiger partial charge in [-0.15, -0.1) is 0 Å². The Hall–Kier alpha value is -3.96. The summed E-state index contributed by atoms with van der Waals surface area (Å²) in [4.78, 5) is 20.9. The van der Waals surface area contributed by atoms with Gasteiger partial charge < -0.3 is 40.9 Å². The van der Waals surface area contributed by atoms with Crippen molar-refractivity contribution < 1.29 is 50.4 Å². The number of aliphatic hydroxyl groups is 4. The highest BCUT2D eigenvalue weighted by Gasteiger charge is 2.38. The number of carboxylic acid groups (broad SMARTS) is 2. The zero-order chi connectivity index (χ0) is 42.7. The molecular formula is C45H68O10. The van der Waals surface area contributed by atoms with Crippen molar-refractivity contribution in [3.8, 4) is 11.5 Å². The molecule has 0 aromatic heterocycles. The van der Waals surface area contributed by atoms with Gasteiger partial charge in [-0.2, -0.15) is 0 Å². The molecule has 308 valence electrons. The summed E-state index contributed by atoms with van der Waals surface area (Å²) in [5, 5.41) is 75.9. The largest absolute Gasteiger partial charge is 0.508 e. The van der Waals surface area contributed by atoms with Gasteiger partial charge in [0.2, 0.25) is 0 Å². The van der Waals surface area contributed by atoms with Crippen molar-refractivity contribution in [2.75, 3.05) is 19.8 Å². The second kappa shape index (κ2) is 19.8. The molecule has 3 rings (SSSR count). The molecule has 0 aliphatic rings. The van der Waals surface area contributed by atoms with Crippen LogP contribution >= 0.6 is 0 Å². The highest BCUT2D eigenvalue weighted by atomic mass is 16.4. The Morgan fingerprint density at radius 1 is 0.509 bits per heavy atom. The van der Waals surface area contributed by atoms with Crippen LogP contribution in [0.15, 0.2) is 54.6 Å². The molecule has 0 radical (unpaired) electrons. The molecule has 0 aliphatic carbocycles. The number of rotatable bonds is 11. The zero-order valence-corrected chi connectivity index (χ0v) is 35.1. The van der Waals surface area contributed by atoms with Gasteiger partial charge in [-0.05, 0) is 85.6 Å². The second-order valence-corrected chi connectivity index (χ2v) is 18.5. The van der Waals surface area contributed by atoms with Crippen molar-refractivity contribution in [1.29, 1.82) is 0 Å². The van der Waals surface area contributed by atoms with Crippen molar-refractivity contribution in [2.24, 2.45) is 5.41 Å². The molecule has 10 heteroatoms. The molecule has 1 atom stereocenters. The number of aliphatic carboxylic acids is 2. The molecule has 0 saturated heterocycles. The number of aliphatic hydroxyl groups excluding tert-OH is 4. The molecule has 3 aromatic carbocycles. The Kier molecular flexibility index (Phi) is 17.6. The van der Waals surface area contributed by atoms with E-state index in [4.69, 9.17) is 10.2 Å². The van der Waals surface area contributed by atoms with Gasteiger partial charge in [-0.3, -0.25) is 9.59 Å². The highest BCUT2D eigenvalue weighted by molar-refractivity contribution is 5.67. The highest BCUT2D eigenvalue weighted by Crippen LogP contribution is 2.39. The van der Waals surface area contributed by atoms with Crippen LogP contribution in [0.1, 0.15) is 141 Å². The van der Waals surface area contributed by atoms with Gasteiger partial charge in [-0.1, -0.05) is 126 Å². The Labute approximate surface area is 328 Å². The fourth-order valence-electron chi connectivity index (χ4n) is 5.95. The smallest absolute Gasteiger partial charge is 0.303 e. The van der Waals surface area contributed by atoms with E-state index < -0.39 is 43.3 Å². The number of carboxylic acids is 2. The van der Waals surface area contributed by atoms with Crippen LogP contribution in [-0.4, -0.2) is 72.6 Å². The first-order valence-electron chi connectivity index (χ1n) is 18.8. The van der Waals surface area contributed by atoms with Gasteiger partial charge in [0.15, 0.2) is 0 Å². The first kappa shape index (κ1) is 49.1. The molecule has 0 aliphatic heterocycles. The lowest BCUT2D eigenvalue weighted by Gasteiger charge is -2.35. The number of carbonyl (C=O) groups is 2. The Bertz CT molecular complexity index is 1610. The van der Waals surface area contributed by atoms with Crippen LogP contribution in [0, 0.1) is 5.41 Å². The summed E-state index contributed by atoms with van der Waals surface area (Å²) in [6, 6.07) is 16.3. The molecular weight excluding hydrogens is 700 g/mol. The topological polar surface area (TPSA) is 196 Å². The predicted molar refractivity (Wildman–Crippen MR) is 218 cm³/mol. The molecule has 0 fully saturated rings. The van der Waals surface area contributed by atoms with Crippen molar-refractivity contribution in [2.45, 2.75) is 137 Å². The summed E-state index contributed by atoms with van der Waals surface area (Å²) in [6.07, 6.45) is 0.0951. The van der Waals surface area contributed by atoms with Gasteiger partial charge in [0.05, 0.1) is 31.3 Å². The van der Waals surface area contributed by atoms with Crippen molar-refractivity contribution in [3.05, 3.63) is 93.5 Å². The summed E-state index contributed by atoms with van der Waals surface area (Å²) in [7, 11) is 0. The standard InChI is InChI=1S/C19H32O4.2C13H18O3/c1-17(2,3)14-8-7-13(9-15(14)18(4,5)6)16(23)19(10-20,11-21)12-22;2*1-13(2,3)10-8-9(4-6-11(10)14)5-7-12(15)16/h7-9,16,20-23H,10-12H2,1-6H3;2*4,6,8,14H,5,7H2,1-3H3,(H,15,16). The van der Waals surface area contributed by atoms with Crippen LogP contribution in [-0.2, 0) is 44.1 Å². The Morgan fingerprint density at radius 2 is 0.855 bits per heavy atom. The van der Waals surface area contributed by atoms with E-state index in [-0.39, 0.29) is 46.0 Å². The number of aryl methyl sites for hydroxylation is 2. The first-order chi connectivity index (χ1) is 25.0. The number of aromatic hydroxyl groups is 2. The molecule has 3 aromatic rings. The molecule has 0 heterocycles. The van der Waals surface area contributed by atoms with Gasteiger partial charge in [0.1, 0.15) is 11.5 Å². The minimum absolute atomic E-state index is 0.0336. The molecule has 0 spiro atoms. The molecule has 55 heavy (non-hydrogen) atoms. The third-order valence-corrected chi connectivity index (χ3v) is 9.49. The number of hydrogen-bond donors (Lipinski definition) is 8. The van der Waals surface area contributed by atoms with Crippen LogP contribution in [0.3, 0.4) is 0 Å². The lowest BCUT2D eigenvalue weighted by atomic mass is 9.73. The molecule has 0 amide bonds. The molecule has 0 saturated carbocycles. The third-order valence-electron chi connectivity index (χ3n) is 9.49. The number of phenols is 2. The van der Waals surface area contributed by atoms with Crippen molar-refractivity contribution in [3.63, 3.8) is 0 Å². The van der Waals surface area contributed by atoms with E-state index in [1.54, 1.807) is 24.3 Å². The minimum Gasteiger partial charge on any atom is -0.508 e. The molecule has 8 N–H and O–H groups in total. The lowest BCUT2D eigenvalue weighted by Crippen LogP contribution is -2.40. The van der Waals surface area contributed by atoms with E-state index in [0.29, 0.717) is 18.4 Å². The summed E-state index contributed by atoms with van der Waals surface area (Å²) in [5.41, 5.74) is 4.76. The monoisotopic (exact) mass is 768 g/mol. The van der Waals surface area contributed by atoms with Crippen LogP contribution < -0.4 is 0 Å². The normalized spacial score (nSPS) is 12.9. The SMILES string of the molecule is CC(C)(C)c1cc(CCC(=O)O)ccc1O.CC(C)(C)c1cc(CCC(=O)O)ccc1O.CC(C)(C)c1ccc(C(O)C(CO)(CO)CO)cc1C(C)(C)C. The Morgan fingerprint density at radius 3 is 1.15 bits per heavy atom. The van der Waals surface area contributed by atoms with Gasteiger partial charge in [-0.25, -0.2) is 0 Å². The number of phenolic OH excluding ortho intramolecular Hbond substituents is 2. The number of benzene rings is 3. The van der Waals surface area contributed by atoms with E-state index in [1.165, 1.54) is 5.56 Å². The average molecular weight is 769 g/mol. The molecule has 1 unspecified atom stereocenters. The fourth-order valence-corrected chi connectivity index (χ4v) is 5.95. The predicted octanol–water partition coefficient (Wildman–Crippen LogP) is 7.69. The molecule has 0 bridgehead atoms. The van der Waals surface area contributed by atoms with E-state index in [1.807, 2.05) is 71.9 Å². The first-order valence-corrected chi connectivity index (χ1v) is 18.8. The van der Waals surface area contributed by atoms with Gasteiger partial charge in [0, 0.05) is 12.8 Å².